The molecule has 1 aliphatic heterocycles. The first-order valence-electron chi connectivity index (χ1n) is 17.1. The molecule has 0 amide bonds. The van der Waals surface area contributed by atoms with Gasteiger partial charge in [-0.2, -0.15) is 0 Å². The molecule has 1 aliphatic rings. The average molecular weight is 591 g/mol. The summed E-state index contributed by atoms with van der Waals surface area (Å²) in [5.74, 6) is 0. The highest BCUT2D eigenvalue weighted by Gasteiger charge is 2.51. The number of ether oxygens (including phenoxy) is 1. The Bertz CT molecular complexity index is 580. The Morgan fingerprint density at radius 1 is 0.561 bits per heavy atom. The Morgan fingerprint density at radius 2 is 0.927 bits per heavy atom. The van der Waals surface area contributed by atoms with Crippen molar-refractivity contribution in [1.82, 2.24) is 0 Å². The van der Waals surface area contributed by atoms with Crippen LogP contribution in [0.1, 0.15) is 155 Å². The molecule has 1 rings (SSSR count). The second-order valence-electron chi connectivity index (χ2n) is 12.7. The largest absolute Gasteiger partial charge is 0.394 e. The fourth-order valence-corrected chi connectivity index (χ4v) is 6.17. The van der Waals surface area contributed by atoms with Crippen molar-refractivity contribution in [2.24, 2.45) is 0 Å². The number of aliphatic hydroxyl groups is 7. The fourth-order valence-electron chi connectivity index (χ4n) is 6.17. The average Bonchev–Trinajstić information content (AvgIpc) is 2.97. The van der Waals surface area contributed by atoms with Crippen molar-refractivity contribution in [3.8, 4) is 0 Å². The number of aliphatic hydroxyl groups excluding tert-OH is 6. The van der Waals surface area contributed by atoms with Crippen LogP contribution in [0.4, 0.5) is 0 Å². The maximum Gasteiger partial charge on any atom is 0.115 e. The van der Waals surface area contributed by atoms with Crippen LogP contribution in [0.15, 0.2) is 0 Å². The van der Waals surface area contributed by atoms with Crippen molar-refractivity contribution in [1.29, 1.82) is 0 Å². The minimum atomic E-state index is -1.70. The standard InChI is InChI=1S/C33H66O8/c1-3-5-7-9-11-13-15-17-19-21-23-33(40,24-22-20-18-16-14-12-10-8-6-4-2)32(39)30(38)31-29(37)28(36)27(35)26(25-34)41-31/h26-32,34-40H,3-25H2,1-2H3/t26-,27-,28+,29-,30?,31?,32?/m1/s1. The Labute approximate surface area is 250 Å². The molecule has 3 unspecified atom stereocenters. The van der Waals surface area contributed by atoms with Crippen LogP contribution < -0.4 is 0 Å². The highest BCUT2D eigenvalue weighted by Crippen LogP contribution is 2.33. The van der Waals surface area contributed by atoms with Crippen molar-refractivity contribution in [2.45, 2.75) is 203 Å². The van der Waals surface area contributed by atoms with E-state index in [-0.39, 0.29) is 0 Å². The lowest BCUT2D eigenvalue weighted by molar-refractivity contribution is -0.268. The van der Waals surface area contributed by atoms with Gasteiger partial charge in [-0.1, -0.05) is 142 Å². The summed E-state index contributed by atoms with van der Waals surface area (Å²) in [5, 5.41) is 74.1. The Kier molecular flexibility index (Phi) is 21.8. The van der Waals surface area contributed by atoms with E-state index >= 15 is 0 Å². The molecule has 8 heteroatoms. The quantitative estimate of drug-likeness (QED) is 0.0703. The van der Waals surface area contributed by atoms with Gasteiger partial charge < -0.3 is 40.5 Å². The molecule has 1 heterocycles. The minimum Gasteiger partial charge on any atom is -0.394 e. The lowest BCUT2D eigenvalue weighted by Crippen LogP contribution is -2.65. The van der Waals surface area contributed by atoms with Crippen molar-refractivity contribution in [2.75, 3.05) is 6.61 Å². The van der Waals surface area contributed by atoms with E-state index in [1.165, 1.54) is 77.0 Å². The van der Waals surface area contributed by atoms with Crippen molar-refractivity contribution in [3.63, 3.8) is 0 Å². The van der Waals surface area contributed by atoms with Gasteiger partial charge in [0, 0.05) is 0 Å². The zero-order chi connectivity index (χ0) is 30.5. The molecule has 246 valence electrons. The zero-order valence-corrected chi connectivity index (χ0v) is 26.3. The Morgan fingerprint density at radius 3 is 1.29 bits per heavy atom. The molecular weight excluding hydrogens is 524 g/mol. The predicted octanol–water partition coefficient (Wildman–Crippen LogP) is 4.90. The van der Waals surface area contributed by atoms with Gasteiger partial charge in [0.25, 0.3) is 0 Å². The molecule has 0 aromatic carbocycles. The molecule has 0 radical (unpaired) electrons. The van der Waals surface area contributed by atoms with Crippen molar-refractivity contribution >= 4 is 0 Å². The van der Waals surface area contributed by atoms with E-state index in [0.717, 1.165) is 38.5 Å². The molecule has 1 fully saturated rings. The number of hydrogen-bond acceptors (Lipinski definition) is 8. The van der Waals surface area contributed by atoms with Crippen LogP contribution in [-0.4, -0.2) is 90.7 Å². The van der Waals surface area contributed by atoms with Gasteiger partial charge >= 0.3 is 0 Å². The Balaban J connectivity index is 2.63. The third kappa shape index (κ3) is 14.8. The number of unbranched alkanes of at least 4 members (excludes halogenated alkanes) is 18. The molecule has 0 bridgehead atoms. The van der Waals surface area contributed by atoms with Gasteiger partial charge in [0.2, 0.25) is 0 Å². The van der Waals surface area contributed by atoms with Crippen LogP contribution in [0.2, 0.25) is 0 Å². The normalized spacial score (nSPS) is 25.0. The van der Waals surface area contributed by atoms with Gasteiger partial charge in [-0.15, -0.1) is 0 Å². The Hall–Kier alpha value is -0.320. The molecule has 8 nitrogen and oxygen atoms in total. The second kappa shape index (κ2) is 23.1. The topological polar surface area (TPSA) is 151 Å². The molecule has 1 saturated heterocycles. The van der Waals surface area contributed by atoms with Crippen LogP contribution in [0.3, 0.4) is 0 Å². The monoisotopic (exact) mass is 590 g/mol. The molecule has 0 spiro atoms. The molecule has 0 aromatic rings. The van der Waals surface area contributed by atoms with E-state index in [2.05, 4.69) is 13.8 Å². The van der Waals surface area contributed by atoms with E-state index in [1.54, 1.807) is 0 Å². The highest BCUT2D eigenvalue weighted by atomic mass is 16.6. The summed E-state index contributed by atoms with van der Waals surface area (Å²) in [6, 6.07) is 0. The van der Waals surface area contributed by atoms with Crippen molar-refractivity contribution in [3.05, 3.63) is 0 Å². The first-order valence-corrected chi connectivity index (χ1v) is 17.1. The maximum absolute atomic E-state index is 11.6. The lowest BCUT2D eigenvalue weighted by Gasteiger charge is -2.45. The molecule has 41 heavy (non-hydrogen) atoms. The minimum absolute atomic E-state index is 0.316. The summed E-state index contributed by atoms with van der Waals surface area (Å²) < 4.78 is 5.49. The summed E-state index contributed by atoms with van der Waals surface area (Å²) in [6.07, 6.45) is 12.7. The van der Waals surface area contributed by atoms with Crippen molar-refractivity contribution < 1.29 is 40.5 Å². The second-order valence-corrected chi connectivity index (χ2v) is 12.7. The van der Waals surface area contributed by atoms with Crippen LogP contribution in [0.25, 0.3) is 0 Å². The third-order valence-corrected chi connectivity index (χ3v) is 9.07. The third-order valence-electron chi connectivity index (χ3n) is 9.07. The maximum atomic E-state index is 11.6. The van der Waals surface area contributed by atoms with Gasteiger partial charge in [-0.05, 0) is 12.8 Å². The lowest BCUT2D eigenvalue weighted by atomic mass is 9.79. The molecule has 7 N–H and O–H groups in total. The van der Waals surface area contributed by atoms with Crippen LogP contribution >= 0.6 is 0 Å². The van der Waals surface area contributed by atoms with Crippen LogP contribution in [-0.2, 0) is 4.74 Å². The number of rotatable bonds is 26. The summed E-state index contributed by atoms with van der Waals surface area (Å²) >= 11 is 0. The summed E-state index contributed by atoms with van der Waals surface area (Å²) in [6.45, 7) is 3.82. The first kappa shape index (κ1) is 38.7. The summed E-state index contributed by atoms with van der Waals surface area (Å²) in [7, 11) is 0. The SMILES string of the molecule is CCCCCCCCCCCCC(O)(CCCCCCCCCCCC)C(O)C(O)C1O[C@H](CO)[C@@H](O)[C@H](O)[C@H]1O. The highest BCUT2D eigenvalue weighted by molar-refractivity contribution is 5.00. The summed E-state index contributed by atoms with van der Waals surface area (Å²) in [5.41, 5.74) is -1.57. The molecule has 7 atom stereocenters. The zero-order valence-electron chi connectivity index (χ0n) is 26.3. The van der Waals surface area contributed by atoms with E-state index in [0.29, 0.717) is 25.7 Å². The van der Waals surface area contributed by atoms with Gasteiger partial charge in [-0.25, -0.2) is 0 Å². The molecular formula is C33H66O8. The van der Waals surface area contributed by atoms with Crippen LogP contribution in [0.5, 0.6) is 0 Å². The fraction of sp³-hybridized carbons (Fsp3) is 1.00. The molecule has 0 saturated carbocycles. The van der Waals surface area contributed by atoms with E-state index in [1.807, 2.05) is 0 Å². The predicted molar refractivity (Wildman–Crippen MR) is 164 cm³/mol. The van der Waals surface area contributed by atoms with E-state index in [4.69, 9.17) is 4.74 Å². The van der Waals surface area contributed by atoms with Gasteiger partial charge in [0.1, 0.15) is 42.7 Å². The first-order chi connectivity index (χ1) is 19.7. The van der Waals surface area contributed by atoms with Gasteiger partial charge in [0.15, 0.2) is 0 Å². The smallest absolute Gasteiger partial charge is 0.115 e. The van der Waals surface area contributed by atoms with Crippen LogP contribution in [0, 0.1) is 0 Å². The van der Waals surface area contributed by atoms with E-state index < -0.39 is 54.9 Å². The van der Waals surface area contributed by atoms with Gasteiger partial charge in [0.05, 0.1) is 12.2 Å². The van der Waals surface area contributed by atoms with E-state index in [9.17, 15) is 35.7 Å². The summed E-state index contributed by atoms with van der Waals surface area (Å²) in [4.78, 5) is 0. The molecule has 0 aromatic heterocycles. The van der Waals surface area contributed by atoms with Gasteiger partial charge in [-0.3, -0.25) is 0 Å². The molecule has 0 aliphatic carbocycles. The number of hydrogen-bond donors (Lipinski definition) is 7.